The third kappa shape index (κ3) is 4.86. The summed E-state index contributed by atoms with van der Waals surface area (Å²) >= 11 is 6.82. The Balaban J connectivity index is 1.63. The van der Waals surface area contributed by atoms with Crippen LogP contribution in [0.25, 0.3) is 33.0 Å². The number of para-hydroxylation sites is 1. The molecule has 0 fully saturated rings. The molecule has 5 heteroatoms. The van der Waals surface area contributed by atoms with Gasteiger partial charge in [0.1, 0.15) is 11.5 Å². The van der Waals surface area contributed by atoms with E-state index in [1.807, 2.05) is 127 Å². The largest absolute Gasteiger partial charge is 0.497 e. The second kappa shape index (κ2) is 11.9. The van der Waals surface area contributed by atoms with E-state index in [9.17, 15) is 0 Å². The first-order chi connectivity index (χ1) is 23.1. The molecule has 1 atom stereocenters. The fraction of sp³-hybridized carbons (Fsp3) is 0.0476. The fourth-order valence-corrected chi connectivity index (χ4v) is 10.2. The molecule has 0 amide bonds. The predicted molar refractivity (Wildman–Crippen MR) is 195 cm³/mol. The molecule has 0 aromatic heterocycles. The van der Waals surface area contributed by atoms with Crippen molar-refractivity contribution in [1.29, 1.82) is 0 Å². The van der Waals surface area contributed by atoms with E-state index >= 15 is 4.57 Å². The van der Waals surface area contributed by atoms with Crippen LogP contribution in [0.2, 0.25) is 5.02 Å². The molecule has 228 valence electrons. The van der Waals surface area contributed by atoms with Crippen molar-refractivity contribution < 1.29 is 14.0 Å². The molecule has 47 heavy (non-hydrogen) atoms. The molecular weight excluding hydrogens is 619 g/mol. The summed E-state index contributed by atoms with van der Waals surface area (Å²) in [4.78, 5) is 0. The number of rotatable bonds is 6. The van der Waals surface area contributed by atoms with E-state index in [1.54, 1.807) is 7.11 Å². The number of hydrogen-bond acceptors (Lipinski definition) is 3. The molecule has 1 unspecified atom stereocenters. The van der Waals surface area contributed by atoms with E-state index in [2.05, 4.69) is 30.3 Å². The number of halogens is 1. The van der Waals surface area contributed by atoms with Crippen LogP contribution in [-0.4, -0.2) is 7.11 Å². The highest BCUT2D eigenvalue weighted by molar-refractivity contribution is 7.85. The number of ether oxygens (including phenoxy) is 2. The van der Waals surface area contributed by atoms with E-state index in [0.29, 0.717) is 5.02 Å². The van der Waals surface area contributed by atoms with Gasteiger partial charge in [-0.1, -0.05) is 139 Å². The minimum absolute atomic E-state index is 0.533. The molecule has 0 saturated carbocycles. The van der Waals surface area contributed by atoms with Crippen molar-refractivity contribution in [3.8, 4) is 33.8 Å². The Morgan fingerprint density at radius 2 is 1.23 bits per heavy atom. The monoisotopic (exact) mass is 648 g/mol. The van der Waals surface area contributed by atoms with Gasteiger partial charge in [-0.25, -0.2) is 0 Å². The minimum Gasteiger partial charge on any atom is -0.497 e. The van der Waals surface area contributed by atoms with Crippen LogP contribution in [0.15, 0.2) is 158 Å². The lowest BCUT2D eigenvalue weighted by molar-refractivity contribution is 0.245. The maximum atomic E-state index is 16.5. The van der Waals surface area contributed by atoms with E-state index in [1.165, 1.54) is 0 Å². The average Bonchev–Trinajstić information content (AvgIpc) is 3.14. The van der Waals surface area contributed by atoms with E-state index in [4.69, 9.17) is 21.1 Å². The van der Waals surface area contributed by atoms with Gasteiger partial charge in [0, 0.05) is 37.6 Å². The molecule has 0 saturated heterocycles. The summed E-state index contributed by atoms with van der Waals surface area (Å²) in [6.45, 7) is 0. The van der Waals surface area contributed by atoms with Gasteiger partial charge in [0.25, 0.3) is 0 Å². The average molecular weight is 649 g/mol. The van der Waals surface area contributed by atoms with Crippen LogP contribution in [0.4, 0.5) is 0 Å². The van der Waals surface area contributed by atoms with Crippen molar-refractivity contribution in [1.82, 2.24) is 0 Å². The maximum Gasteiger partial charge on any atom is 0.172 e. The van der Waals surface area contributed by atoms with Crippen molar-refractivity contribution in [3.05, 3.63) is 174 Å². The van der Waals surface area contributed by atoms with E-state index in [-0.39, 0.29) is 0 Å². The summed E-state index contributed by atoms with van der Waals surface area (Å²) in [6.07, 6.45) is -0.533. The van der Waals surface area contributed by atoms with Gasteiger partial charge in [-0.15, -0.1) is 0 Å². The van der Waals surface area contributed by atoms with Gasteiger partial charge in [-0.05, 0) is 57.8 Å². The number of benzene rings is 7. The van der Waals surface area contributed by atoms with Gasteiger partial charge in [0.05, 0.1) is 7.11 Å². The predicted octanol–water partition coefficient (Wildman–Crippen LogP) is 9.96. The quantitative estimate of drug-likeness (QED) is 0.168. The van der Waals surface area contributed by atoms with Crippen LogP contribution in [0.3, 0.4) is 0 Å². The number of fused-ring (bicyclic) bond motifs is 4. The lowest BCUT2D eigenvalue weighted by atomic mass is 9.81. The lowest BCUT2D eigenvalue weighted by Crippen LogP contribution is -2.32. The minimum atomic E-state index is -3.53. The molecule has 1 aliphatic rings. The summed E-state index contributed by atoms with van der Waals surface area (Å²) in [5.74, 6) is 1.54. The van der Waals surface area contributed by atoms with Gasteiger partial charge in [0.15, 0.2) is 13.2 Å². The zero-order valence-corrected chi connectivity index (χ0v) is 27.3. The van der Waals surface area contributed by atoms with E-state index < -0.39 is 13.2 Å². The van der Waals surface area contributed by atoms with Gasteiger partial charge < -0.3 is 14.0 Å². The van der Waals surface area contributed by atoms with Crippen LogP contribution >= 0.6 is 18.7 Å². The SMILES string of the molecule is COc1ccc(-c2c3c(c(P(=O)(c4ccccc4)c4ccccc4)c4ccc(Cl)cc24)C(c2ccccc2)Oc2ccccc2-3)cc1. The van der Waals surface area contributed by atoms with E-state index in [0.717, 1.165) is 71.6 Å². The third-order valence-electron chi connectivity index (χ3n) is 8.98. The Bertz CT molecular complexity index is 2240. The second-order valence-electron chi connectivity index (χ2n) is 11.6. The highest BCUT2D eigenvalue weighted by Gasteiger charge is 2.42. The maximum absolute atomic E-state index is 16.5. The zero-order chi connectivity index (χ0) is 32.0. The summed E-state index contributed by atoms with van der Waals surface area (Å²) in [6, 6.07) is 52.1. The van der Waals surface area contributed by atoms with Crippen molar-refractivity contribution >= 4 is 45.4 Å². The van der Waals surface area contributed by atoms with Gasteiger partial charge in [0.2, 0.25) is 0 Å². The smallest absolute Gasteiger partial charge is 0.172 e. The molecule has 0 radical (unpaired) electrons. The highest BCUT2D eigenvalue weighted by atomic mass is 35.5. The van der Waals surface area contributed by atoms with Crippen LogP contribution in [0.5, 0.6) is 11.5 Å². The highest BCUT2D eigenvalue weighted by Crippen LogP contribution is 2.56. The van der Waals surface area contributed by atoms with Gasteiger partial charge >= 0.3 is 0 Å². The molecule has 7 aromatic carbocycles. The Kier molecular flexibility index (Phi) is 7.45. The van der Waals surface area contributed by atoms with Crippen molar-refractivity contribution in [2.75, 3.05) is 7.11 Å². The molecule has 0 bridgehead atoms. The van der Waals surface area contributed by atoms with Crippen molar-refractivity contribution in [3.63, 3.8) is 0 Å². The molecule has 8 rings (SSSR count). The molecule has 1 aliphatic heterocycles. The van der Waals surface area contributed by atoms with Crippen molar-refractivity contribution in [2.24, 2.45) is 0 Å². The Labute approximate surface area is 279 Å². The Morgan fingerprint density at radius 1 is 0.638 bits per heavy atom. The van der Waals surface area contributed by atoms with Crippen LogP contribution in [-0.2, 0) is 4.57 Å². The molecule has 0 spiro atoms. The molecule has 3 nitrogen and oxygen atoms in total. The first-order valence-corrected chi connectivity index (χ1v) is 17.6. The van der Waals surface area contributed by atoms with Gasteiger partial charge in [-0.3, -0.25) is 0 Å². The molecule has 7 aromatic rings. The summed E-state index contributed by atoms with van der Waals surface area (Å²) in [5, 5.41) is 4.68. The molecular formula is C42H30ClO3P. The summed E-state index contributed by atoms with van der Waals surface area (Å²) in [7, 11) is -1.86. The lowest BCUT2D eigenvalue weighted by Gasteiger charge is -2.36. The zero-order valence-electron chi connectivity index (χ0n) is 25.6. The van der Waals surface area contributed by atoms with Gasteiger partial charge in [-0.2, -0.15) is 0 Å². The molecule has 0 N–H and O–H groups in total. The fourth-order valence-electron chi connectivity index (χ4n) is 6.90. The standard InChI is InChI=1S/C42H30ClO3P/c1-45-31-24-21-28(22-25-31)38-36-27-30(43)23-26-34(36)42(47(44,32-15-7-3-8-16-32)33-17-9-4-10-18-33)40-39(38)35-19-11-12-20-37(35)46-41(40)29-13-5-2-6-14-29/h2-27,41H,1H3. The normalized spacial score (nSPS) is 13.8. The van der Waals surface area contributed by atoms with Crippen molar-refractivity contribution in [2.45, 2.75) is 6.10 Å². The first-order valence-electron chi connectivity index (χ1n) is 15.5. The third-order valence-corrected chi connectivity index (χ3v) is 12.4. The Morgan fingerprint density at radius 3 is 1.87 bits per heavy atom. The number of hydrogen-bond donors (Lipinski definition) is 0. The summed E-state index contributed by atoms with van der Waals surface area (Å²) in [5.41, 5.74) is 5.81. The van der Waals surface area contributed by atoms with Crippen LogP contribution in [0, 0.1) is 0 Å². The Hall–Kier alpha value is -5.08. The number of methoxy groups -OCH3 is 1. The molecule has 0 aliphatic carbocycles. The molecule has 1 heterocycles. The second-order valence-corrected chi connectivity index (χ2v) is 14.8. The first kappa shape index (κ1) is 29.3. The summed E-state index contributed by atoms with van der Waals surface area (Å²) < 4.78 is 29.0. The van der Waals surface area contributed by atoms with Crippen LogP contribution in [0.1, 0.15) is 17.2 Å². The van der Waals surface area contributed by atoms with Crippen LogP contribution < -0.4 is 25.4 Å². The topological polar surface area (TPSA) is 35.5 Å².